The molecule has 2 rings (SSSR count). The second kappa shape index (κ2) is 8.06. The molecule has 0 aliphatic heterocycles. The highest BCUT2D eigenvalue weighted by Crippen LogP contribution is 2.33. The highest BCUT2D eigenvalue weighted by molar-refractivity contribution is 7.15. The van der Waals surface area contributed by atoms with Gasteiger partial charge in [-0.05, 0) is 31.2 Å². The van der Waals surface area contributed by atoms with Gasteiger partial charge in [0.15, 0.2) is 5.78 Å². The molecule has 1 N–H and O–H groups in total. The Morgan fingerprint density at radius 1 is 1.16 bits per heavy atom. The summed E-state index contributed by atoms with van der Waals surface area (Å²) in [5.41, 5.74) is 0.423. The Hall–Kier alpha value is -2.49. The lowest BCUT2D eigenvalue weighted by atomic mass is 10.1. The molecule has 134 valence electrons. The van der Waals surface area contributed by atoms with Crippen LogP contribution in [0.2, 0.25) is 0 Å². The zero-order chi connectivity index (χ0) is 18.4. The number of nitrogens with zero attached hydrogens (tertiary/aromatic N) is 2. The Bertz CT molecular complexity index is 744. The lowest BCUT2D eigenvalue weighted by Crippen LogP contribution is -2.13. The van der Waals surface area contributed by atoms with E-state index in [9.17, 15) is 22.8 Å². The number of ketones is 1. The number of halogens is 3. The number of carbonyl (C=O) groups excluding carboxylic acids is 2. The van der Waals surface area contributed by atoms with Crippen LogP contribution in [0, 0.1) is 0 Å². The van der Waals surface area contributed by atoms with Crippen molar-refractivity contribution in [2.45, 2.75) is 25.9 Å². The number of Topliss-reactive ketones (excluding diaryl/α,β-unsaturated/α-hetero) is 1. The molecule has 6 nitrogen and oxygen atoms in total. The first kappa shape index (κ1) is 18.8. The maximum Gasteiger partial charge on any atom is 0.445 e. The molecule has 0 aliphatic rings. The number of rotatable bonds is 7. The van der Waals surface area contributed by atoms with Crippen LogP contribution >= 0.6 is 11.3 Å². The van der Waals surface area contributed by atoms with Crippen LogP contribution in [0.3, 0.4) is 0 Å². The summed E-state index contributed by atoms with van der Waals surface area (Å²) in [6.07, 6.45) is -4.86. The van der Waals surface area contributed by atoms with Crippen molar-refractivity contribution >= 4 is 28.2 Å². The van der Waals surface area contributed by atoms with Crippen LogP contribution in [0.15, 0.2) is 24.3 Å². The summed E-state index contributed by atoms with van der Waals surface area (Å²) in [5.74, 6) is -0.232. The molecule has 1 amide bonds. The van der Waals surface area contributed by atoms with Gasteiger partial charge >= 0.3 is 6.18 Å². The van der Waals surface area contributed by atoms with Gasteiger partial charge in [0, 0.05) is 18.4 Å². The molecule has 2 aromatic rings. The molecule has 10 heteroatoms. The van der Waals surface area contributed by atoms with E-state index in [0.717, 1.165) is 0 Å². The smallest absolute Gasteiger partial charge is 0.445 e. The fourth-order valence-electron chi connectivity index (χ4n) is 1.85. The van der Waals surface area contributed by atoms with Crippen LogP contribution < -0.4 is 10.1 Å². The predicted molar refractivity (Wildman–Crippen MR) is 84.7 cm³/mol. The fourth-order valence-corrected chi connectivity index (χ4v) is 2.47. The van der Waals surface area contributed by atoms with E-state index in [4.69, 9.17) is 4.74 Å². The van der Waals surface area contributed by atoms with E-state index in [-0.39, 0.29) is 35.1 Å². The lowest BCUT2D eigenvalue weighted by Gasteiger charge is -2.04. The van der Waals surface area contributed by atoms with E-state index in [1.165, 1.54) is 0 Å². The SMILES string of the molecule is CCOc1ccc(C(=O)CCC(=O)Nc2nnc(C(F)(F)F)s2)cc1. The van der Waals surface area contributed by atoms with E-state index in [1.54, 1.807) is 24.3 Å². The summed E-state index contributed by atoms with van der Waals surface area (Å²) in [6, 6.07) is 6.48. The average Bonchev–Trinajstić information content (AvgIpc) is 3.02. The third-order valence-corrected chi connectivity index (χ3v) is 3.86. The van der Waals surface area contributed by atoms with Crippen LogP contribution in [0.4, 0.5) is 18.3 Å². The van der Waals surface area contributed by atoms with Crippen LogP contribution in [-0.2, 0) is 11.0 Å². The first-order chi connectivity index (χ1) is 11.8. The number of hydrogen-bond donors (Lipinski definition) is 1. The van der Waals surface area contributed by atoms with Gasteiger partial charge in [0.2, 0.25) is 16.0 Å². The molecule has 0 saturated carbocycles. The monoisotopic (exact) mass is 373 g/mol. The zero-order valence-corrected chi connectivity index (χ0v) is 13.9. The minimum atomic E-state index is -4.61. The van der Waals surface area contributed by atoms with Gasteiger partial charge in [-0.2, -0.15) is 13.2 Å². The Labute approximate surface area is 145 Å². The Kier molecular flexibility index (Phi) is 6.07. The Balaban J connectivity index is 1.84. The number of benzene rings is 1. The number of anilines is 1. The quantitative estimate of drug-likeness (QED) is 0.751. The van der Waals surface area contributed by atoms with Crippen LogP contribution in [0.25, 0.3) is 0 Å². The van der Waals surface area contributed by atoms with Crippen molar-refractivity contribution in [3.05, 3.63) is 34.8 Å². The highest BCUT2D eigenvalue weighted by Gasteiger charge is 2.35. The topological polar surface area (TPSA) is 81.2 Å². The lowest BCUT2D eigenvalue weighted by molar-refractivity contribution is -0.138. The largest absolute Gasteiger partial charge is 0.494 e. The maximum absolute atomic E-state index is 12.4. The normalized spacial score (nSPS) is 11.2. The number of hydrogen-bond acceptors (Lipinski definition) is 6. The minimum absolute atomic E-state index is 0.0786. The molecule has 0 bridgehead atoms. The molecule has 0 atom stereocenters. The Morgan fingerprint density at radius 2 is 1.84 bits per heavy atom. The first-order valence-electron chi connectivity index (χ1n) is 7.26. The number of amides is 1. The molecular formula is C15H14F3N3O3S. The van der Waals surface area contributed by atoms with Crippen LogP contribution in [-0.4, -0.2) is 28.5 Å². The second-order valence-corrected chi connectivity index (χ2v) is 5.82. The third kappa shape index (κ3) is 5.52. The summed E-state index contributed by atoms with van der Waals surface area (Å²) < 4.78 is 42.5. The molecule has 1 aromatic carbocycles. The van der Waals surface area contributed by atoms with E-state index in [1.807, 2.05) is 6.92 Å². The van der Waals surface area contributed by atoms with Gasteiger partial charge in [-0.15, -0.1) is 10.2 Å². The van der Waals surface area contributed by atoms with Crippen molar-refractivity contribution in [2.24, 2.45) is 0 Å². The van der Waals surface area contributed by atoms with Gasteiger partial charge < -0.3 is 10.1 Å². The molecule has 0 spiro atoms. The van der Waals surface area contributed by atoms with E-state index in [0.29, 0.717) is 17.9 Å². The number of ether oxygens (including phenoxy) is 1. The number of carbonyl (C=O) groups is 2. The first-order valence-corrected chi connectivity index (χ1v) is 8.08. The molecule has 1 aromatic heterocycles. The van der Waals surface area contributed by atoms with Crippen molar-refractivity contribution in [3.63, 3.8) is 0 Å². The average molecular weight is 373 g/mol. The van der Waals surface area contributed by atoms with Gasteiger partial charge in [0.25, 0.3) is 0 Å². The van der Waals surface area contributed by atoms with Crippen molar-refractivity contribution in [2.75, 3.05) is 11.9 Å². The van der Waals surface area contributed by atoms with Gasteiger partial charge in [-0.1, -0.05) is 11.3 Å². The minimum Gasteiger partial charge on any atom is -0.494 e. The predicted octanol–water partition coefficient (Wildman–Crippen LogP) is 3.56. The summed E-state index contributed by atoms with van der Waals surface area (Å²) in [6.45, 7) is 2.35. The van der Waals surface area contributed by atoms with Gasteiger partial charge in [0.1, 0.15) is 5.75 Å². The standard InChI is InChI=1S/C15H14F3N3O3S/c1-2-24-10-5-3-9(4-6-10)11(22)7-8-12(23)19-14-21-20-13(25-14)15(16,17)18/h3-6H,2,7-8H2,1H3,(H,19,21,23). The molecule has 0 saturated heterocycles. The summed E-state index contributed by atoms with van der Waals surface area (Å²) in [7, 11) is 0. The van der Waals surface area contributed by atoms with E-state index >= 15 is 0 Å². The molecule has 0 aliphatic carbocycles. The van der Waals surface area contributed by atoms with Crippen LogP contribution in [0.5, 0.6) is 5.75 Å². The molecule has 25 heavy (non-hydrogen) atoms. The third-order valence-electron chi connectivity index (χ3n) is 2.98. The molecular weight excluding hydrogens is 359 g/mol. The van der Waals surface area contributed by atoms with Crippen molar-refractivity contribution in [1.82, 2.24) is 10.2 Å². The second-order valence-electron chi connectivity index (χ2n) is 4.84. The van der Waals surface area contributed by atoms with Gasteiger partial charge in [-0.25, -0.2) is 0 Å². The van der Waals surface area contributed by atoms with Crippen molar-refractivity contribution in [3.8, 4) is 5.75 Å². The summed E-state index contributed by atoms with van der Waals surface area (Å²) in [5, 5.41) is 7.01. The highest BCUT2D eigenvalue weighted by atomic mass is 32.1. The number of nitrogens with one attached hydrogen (secondary N) is 1. The van der Waals surface area contributed by atoms with Crippen molar-refractivity contribution in [1.29, 1.82) is 0 Å². The summed E-state index contributed by atoms with van der Waals surface area (Å²) >= 11 is 0.227. The van der Waals surface area contributed by atoms with E-state index < -0.39 is 17.1 Å². The van der Waals surface area contributed by atoms with Gasteiger partial charge in [-0.3, -0.25) is 9.59 Å². The zero-order valence-electron chi connectivity index (χ0n) is 13.1. The Morgan fingerprint density at radius 3 is 2.40 bits per heavy atom. The van der Waals surface area contributed by atoms with E-state index in [2.05, 4.69) is 15.5 Å². The molecule has 0 radical (unpaired) electrons. The number of alkyl halides is 3. The van der Waals surface area contributed by atoms with Gasteiger partial charge in [0.05, 0.1) is 6.61 Å². The van der Waals surface area contributed by atoms with Crippen LogP contribution in [0.1, 0.15) is 35.1 Å². The van der Waals surface area contributed by atoms with Crippen molar-refractivity contribution < 1.29 is 27.5 Å². The maximum atomic E-state index is 12.4. The number of aromatic nitrogens is 2. The summed E-state index contributed by atoms with van der Waals surface area (Å²) in [4.78, 5) is 23.7. The molecule has 1 heterocycles. The molecule has 0 unspecified atom stereocenters. The molecule has 0 fully saturated rings. The fraction of sp³-hybridized carbons (Fsp3) is 0.333.